The lowest BCUT2D eigenvalue weighted by Gasteiger charge is -2.15. The molecule has 0 saturated heterocycles. The van der Waals surface area contributed by atoms with Crippen molar-refractivity contribution in [1.82, 2.24) is 0 Å². The van der Waals surface area contributed by atoms with Gasteiger partial charge < -0.3 is 5.11 Å². The summed E-state index contributed by atoms with van der Waals surface area (Å²) in [7, 11) is -1.26. The summed E-state index contributed by atoms with van der Waals surface area (Å²) in [6.07, 6.45) is 12.3. The third kappa shape index (κ3) is 8.82. The first kappa shape index (κ1) is 22.1. The Balaban J connectivity index is 2.73. The lowest BCUT2D eigenvalue weighted by molar-refractivity contribution is 0.203. The molecule has 0 aliphatic rings. The van der Waals surface area contributed by atoms with E-state index < -0.39 is 16.9 Å². The molecule has 1 aromatic rings. The minimum atomic E-state index is -1.26. The minimum Gasteiger partial charge on any atom is -0.388 e. The van der Waals surface area contributed by atoms with Crippen LogP contribution in [0.15, 0.2) is 40.1 Å². The van der Waals surface area contributed by atoms with Crippen molar-refractivity contribution in [3.05, 3.63) is 40.8 Å². The molecule has 0 heterocycles. The molecule has 0 spiro atoms. The van der Waals surface area contributed by atoms with Gasteiger partial charge in [0.2, 0.25) is 0 Å². The molecule has 25 heavy (non-hydrogen) atoms. The van der Waals surface area contributed by atoms with Crippen LogP contribution in [-0.2, 0) is 10.8 Å². The van der Waals surface area contributed by atoms with Gasteiger partial charge >= 0.3 is 0 Å². The topological polar surface area (TPSA) is 37.3 Å². The van der Waals surface area contributed by atoms with E-state index >= 15 is 0 Å². The molecule has 2 atom stereocenters. The molecule has 0 radical (unpaired) electrons. The molecular weight excluding hydrogens is 328 g/mol. The summed E-state index contributed by atoms with van der Waals surface area (Å²) in [6.45, 7) is 6.41. The van der Waals surface area contributed by atoms with Crippen molar-refractivity contribution in [3.8, 4) is 0 Å². The number of aryl methyl sites for hydroxylation is 1. The van der Waals surface area contributed by atoms with E-state index in [9.17, 15) is 9.32 Å². The second-order valence-electron chi connectivity index (χ2n) is 6.90. The number of hydrogen-bond donors (Lipinski definition) is 1. The molecule has 0 saturated carbocycles. The van der Waals surface area contributed by atoms with Crippen LogP contribution in [0.2, 0.25) is 0 Å². The quantitative estimate of drug-likeness (QED) is 0.418. The highest BCUT2D eigenvalue weighted by Gasteiger charge is 2.18. The van der Waals surface area contributed by atoms with Crippen molar-refractivity contribution in [2.24, 2.45) is 0 Å². The van der Waals surface area contributed by atoms with E-state index in [1.807, 2.05) is 37.3 Å². The van der Waals surface area contributed by atoms with Gasteiger partial charge in [0.15, 0.2) is 0 Å². The molecule has 0 aliphatic carbocycles. The van der Waals surface area contributed by atoms with Gasteiger partial charge in [-0.3, -0.25) is 0 Å². The van der Waals surface area contributed by atoms with Gasteiger partial charge in [-0.2, -0.15) is 0 Å². The van der Waals surface area contributed by atoms with Crippen LogP contribution in [0.25, 0.3) is 0 Å². The maximum absolute atomic E-state index is 13.0. The van der Waals surface area contributed by atoms with E-state index in [1.165, 1.54) is 32.1 Å². The van der Waals surface area contributed by atoms with Crippen molar-refractivity contribution in [2.45, 2.75) is 96.0 Å². The second kappa shape index (κ2) is 13.3. The lowest BCUT2D eigenvalue weighted by atomic mass is 10.1. The lowest BCUT2D eigenvalue weighted by Crippen LogP contribution is -2.15. The monoisotopic (exact) mass is 364 g/mol. The van der Waals surface area contributed by atoms with Gasteiger partial charge in [0.25, 0.3) is 0 Å². The number of unbranched alkanes of at least 4 members (excludes halogenated alkanes) is 7. The normalized spacial score (nSPS) is 14.5. The summed E-state index contributed by atoms with van der Waals surface area (Å²) in [6, 6.07) is 7.80. The number of aliphatic hydroxyl groups excluding tert-OH is 1. The molecule has 2 nitrogen and oxygen atoms in total. The van der Waals surface area contributed by atoms with Gasteiger partial charge in [-0.1, -0.05) is 82.6 Å². The first-order valence-electron chi connectivity index (χ1n) is 9.96. The fourth-order valence-electron chi connectivity index (χ4n) is 2.86. The number of hydrogen-bond acceptors (Lipinski definition) is 2. The summed E-state index contributed by atoms with van der Waals surface area (Å²) >= 11 is 0. The molecule has 1 unspecified atom stereocenters. The number of rotatable bonds is 13. The predicted octanol–water partition coefficient (Wildman–Crippen LogP) is 6.29. The van der Waals surface area contributed by atoms with Crippen LogP contribution in [-0.4, -0.2) is 15.4 Å². The molecule has 0 amide bonds. The van der Waals surface area contributed by atoms with E-state index in [2.05, 4.69) is 13.8 Å². The first-order valence-corrected chi connectivity index (χ1v) is 11.1. The van der Waals surface area contributed by atoms with Crippen LogP contribution < -0.4 is 0 Å². The first-order chi connectivity index (χ1) is 12.1. The fourth-order valence-corrected chi connectivity index (χ4v) is 4.15. The molecule has 0 aromatic heterocycles. The Morgan fingerprint density at radius 2 is 1.60 bits per heavy atom. The third-order valence-electron chi connectivity index (χ3n) is 4.51. The van der Waals surface area contributed by atoms with Crippen molar-refractivity contribution >= 4 is 10.8 Å². The van der Waals surface area contributed by atoms with E-state index in [4.69, 9.17) is 0 Å². The summed E-state index contributed by atoms with van der Waals surface area (Å²) in [5.41, 5.74) is 1.16. The summed E-state index contributed by atoms with van der Waals surface area (Å²) in [5.74, 6) is 0. The Labute approximate surface area is 157 Å². The maximum atomic E-state index is 13.0. The van der Waals surface area contributed by atoms with Crippen LogP contribution in [0.1, 0.15) is 83.6 Å². The van der Waals surface area contributed by atoms with Crippen LogP contribution in [0.4, 0.5) is 0 Å². The van der Waals surface area contributed by atoms with E-state index in [1.54, 1.807) is 0 Å². The maximum Gasteiger partial charge on any atom is 0.0874 e. The molecule has 0 fully saturated rings. The van der Waals surface area contributed by atoms with E-state index in [0.717, 1.165) is 36.1 Å². The third-order valence-corrected chi connectivity index (χ3v) is 6.08. The Hall–Kier alpha value is -0.930. The Kier molecular flexibility index (Phi) is 11.8. The van der Waals surface area contributed by atoms with Crippen LogP contribution in [0, 0.1) is 6.92 Å². The Bertz CT molecular complexity index is 519. The minimum absolute atomic E-state index is 0.592. The van der Waals surface area contributed by atoms with Gasteiger partial charge in [0.05, 0.1) is 16.9 Å². The summed E-state index contributed by atoms with van der Waals surface area (Å²) in [4.78, 5) is 1.49. The van der Waals surface area contributed by atoms with Gasteiger partial charge in [-0.15, -0.1) is 0 Å². The Morgan fingerprint density at radius 3 is 2.24 bits per heavy atom. The summed E-state index contributed by atoms with van der Waals surface area (Å²) in [5, 5.41) is 10.6. The van der Waals surface area contributed by atoms with Crippen LogP contribution in [0.5, 0.6) is 0 Å². The largest absolute Gasteiger partial charge is 0.388 e. The molecule has 142 valence electrons. The SMILES string of the molecule is CCCCC/C=C(/[C@H](O)CCCCCCC)S(=O)c1ccc(C)cc1. The predicted molar refractivity (Wildman–Crippen MR) is 109 cm³/mol. The smallest absolute Gasteiger partial charge is 0.0874 e. The highest BCUT2D eigenvalue weighted by Crippen LogP contribution is 2.23. The standard InChI is InChI=1S/C22H36O2S/c1-4-6-8-10-11-13-21(23)22(14-12-9-7-5-2)25(24)20-17-15-19(3)16-18-20/h14-18,21,23H,4-13H2,1-3H3/b22-14-/t21-,25?/m1/s1. The molecule has 1 N–H and O–H groups in total. The molecule has 3 heteroatoms. The molecule has 0 aliphatic heterocycles. The van der Waals surface area contributed by atoms with Gasteiger partial charge in [-0.25, -0.2) is 4.21 Å². The summed E-state index contributed by atoms with van der Waals surface area (Å²) < 4.78 is 13.0. The Morgan fingerprint density at radius 1 is 1.00 bits per heavy atom. The van der Waals surface area contributed by atoms with E-state index in [-0.39, 0.29) is 0 Å². The molecule has 0 bridgehead atoms. The number of benzene rings is 1. The van der Waals surface area contributed by atoms with Gasteiger partial charge in [0.1, 0.15) is 0 Å². The number of aliphatic hydroxyl groups is 1. The van der Waals surface area contributed by atoms with Gasteiger partial charge in [0, 0.05) is 9.80 Å². The molecule has 1 rings (SSSR count). The van der Waals surface area contributed by atoms with Crippen molar-refractivity contribution < 1.29 is 9.32 Å². The fraction of sp³-hybridized carbons (Fsp3) is 0.636. The molecule has 1 aromatic carbocycles. The van der Waals surface area contributed by atoms with Gasteiger partial charge in [-0.05, 0) is 38.3 Å². The van der Waals surface area contributed by atoms with Crippen molar-refractivity contribution in [3.63, 3.8) is 0 Å². The van der Waals surface area contributed by atoms with Crippen LogP contribution in [0.3, 0.4) is 0 Å². The highest BCUT2D eigenvalue weighted by molar-refractivity contribution is 7.89. The average molecular weight is 365 g/mol. The van der Waals surface area contributed by atoms with E-state index in [0.29, 0.717) is 11.3 Å². The zero-order valence-electron chi connectivity index (χ0n) is 16.3. The highest BCUT2D eigenvalue weighted by atomic mass is 32.2. The zero-order chi connectivity index (χ0) is 18.5. The average Bonchev–Trinajstić information content (AvgIpc) is 2.61. The zero-order valence-corrected chi connectivity index (χ0v) is 17.1. The second-order valence-corrected chi connectivity index (χ2v) is 8.38. The van der Waals surface area contributed by atoms with Crippen LogP contribution >= 0.6 is 0 Å². The number of allylic oxidation sites excluding steroid dienone is 1. The van der Waals surface area contributed by atoms with Crippen molar-refractivity contribution in [2.75, 3.05) is 0 Å². The van der Waals surface area contributed by atoms with Crippen molar-refractivity contribution in [1.29, 1.82) is 0 Å². The molecular formula is C22H36O2S.